The highest BCUT2D eigenvalue weighted by Crippen LogP contribution is 2.17. The summed E-state index contributed by atoms with van der Waals surface area (Å²) in [6.45, 7) is 3.16. The monoisotopic (exact) mass is 426 g/mol. The van der Waals surface area contributed by atoms with E-state index in [1.54, 1.807) is 6.20 Å². The first-order valence-corrected chi connectivity index (χ1v) is 10.1. The van der Waals surface area contributed by atoms with Gasteiger partial charge >= 0.3 is 5.97 Å². The predicted molar refractivity (Wildman–Crippen MR) is 120 cm³/mol. The standard InChI is InChI=1S/C22H26N4O5/c1-12-20(28)14(11-23-9-5-4-6-10-26(2)3)17-19(21(12)29)25-16-13(22(30)31)7-8-15(27)18(16)24-17/h7-8,11,23,25,28H,4-6,9-10H2,1-3H3,(H,30,31)/b14-11-. The Labute approximate surface area is 178 Å². The minimum absolute atomic E-state index is 0.0190. The van der Waals surface area contributed by atoms with Gasteiger partial charge in [-0.05, 0) is 52.5 Å². The highest BCUT2D eigenvalue weighted by Gasteiger charge is 2.17. The van der Waals surface area contributed by atoms with Crippen LogP contribution in [0.4, 0.5) is 0 Å². The molecule has 2 aromatic carbocycles. The molecule has 0 amide bonds. The van der Waals surface area contributed by atoms with Crippen LogP contribution >= 0.6 is 0 Å². The molecule has 9 nitrogen and oxygen atoms in total. The molecule has 9 heteroatoms. The SMILES string of the molecule is Cc1c(O)/c(=C\NCCCCCN(C)C)c2nc3c(=O)ccc(C(=O)O)c3[nH]c2c1=O. The minimum Gasteiger partial charge on any atom is -0.507 e. The van der Waals surface area contributed by atoms with E-state index in [1.165, 1.54) is 13.0 Å². The third kappa shape index (κ3) is 4.51. The number of aromatic nitrogens is 2. The first-order valence-electron chi connectivity index (χ1n) is 10.1. The number of fused-ring (bicyclic) bond motifs is 2. The van der Waals surface area contributed by atoms with E-state index in [0.717, 1.165) is 31.9 Å². The van der Waals surface area contributed by atoms with Crippen molar-refractivity contribution in [3.8, 4) is 5.75 Å². The van der Waals surface area contributed by atoms with Crippen molar-refractivity contribution in [2.45, 2.75) is 26.2 Å². The number of H-pyrrole nitrogens is 1. The van der Waals surface area contributed by atoms with Gasteiger partial charge in [0.15, 0.2) is 0 Å². The molecule has 0 radical (unpaired) electrons. The second kappa shape index (κ2) is 9.13. The molecule has 0 spiro atoms. The lowest BCUT2D eigenvalue weighted by Gasteiger charge is -2.09. The average Bonchev–Trinajstić information content (AvgIpc) is 2.72. The molecule has 0 unspecified atom stereocenters. The van der Waals surface area contributed by atoms with Gasteiger partial charge in [-0.15, -0.1) is 0 Å². The van der Waals surface area contributed by atoms with Crippen LogP contribution in [0.2, 0.25) is 0 Å². The summed E-state index contributed by atoms with van der Waals surface area (Å²) in [7, 11) is 4.06. The van der Waals surface area contributed by atoms with Gasteiger partial charge in [-0.25, -0.2) is 9.78 Å². The largest absolute Gasteiger partial charge is 0.507 e. The molecule has 0 aliphatic heterocycles. The lowest BCUT2D eigenvalue weighted by Crippen LogP contribution is -2.22. The number of benzene rings is 2. The van der Waals surface area contributed by atoms with Gasteiger partial charge in [-0.1, -0.05) is 6.42 Å². The van der Waals surface area contributed by atoms with Gasteiger partial charge in [-0.3, -0.25) is 9.59 Å². The second-order valence-corrected chi connectivity index (χ2v) is 7.78. The lowest BCUT2D eigenvalue weighted by atomic mass is 10.1. The molecule has 0 atom stereocenters. The van der Waals surface area contributed by atoms with Gasteiger partial charge in [0.2, 0.25) is 10.9 Å². The van der Waals surface area contributed by atoms with E-state index in [2.05, 4.69) is 20.2 Å². The molecule has 0 aliphatic carbocycles. The average molecular weight is 426 g/mol. The molecule has 164 valence electrons. The predicted octanol–water partition coefficient (Wildman–Crippen LogP) is 0.927. The van der Waals surface area contributed by atoms with E-state index in [4.69, 9.17) is 0 Å². The smallest absolute Gasteiger partial charge is 0.337 e. The number of aromatic hydroxyl groups is 1. The van der Waals surface area contributed by atoms with Gasteiger partial charge < -0.3 is 25.4 Å². The Bertz CT molecular complexity index is 1310. The summed E-state index contributed by atoms with van der Waals surface area (Å²) in [6, 6.07) is 2.31. The van der Waals surface area contributed by atoms with E-state index in [1.807, 2.05) is 14.1 Å². The molecule has 0 saturated carbocycles. The van der Waals surface area contributed by atoms with E-state index < -0.39 is 16.8 Å². The van der Waals surface area contributed by atoms with Crippen LogP contribution in [0.15, 0.2) is 21.7 Å². The summed E-state index contributed by atoms with van der Waals surface area (Å²) in [5.74, 6) is -1.47. The Morgan fingerprint density at radius 3 is 2.58 bits per heavy atom. The van der Waals surface area contributed by atoms with Gasteiger partial charge in [-0.2, -0.15) is 0 Å². The van der Waals surface area contributed by atoms with Crippen LogP contribution in [0.25, 0.3) is 28.3 Å². The van der Waals surface area contributed by atoms with Crippen LogP contribution in [0, 0.1) is 6.92 Å². The molecule has 3 rings (SSSR count). The van der Waals surface area contributed by atoms with Crippen molar-refractivity contribution in [3.63, 3.8) is 0 Å². The van der Waals surface area contributed by atoms with Crippen molar-refractivity contribution in [1.82, 2.24) is 20.2 Å². The number of phenols is 1. The number of carboxylic acid groups (broad SMARTS) is 1. The Hall–Kier alpha value is -3.46. The first kappa shape index (κ1) is 22.2. The van der Waals surface area contributed by atoms with Crippen LogP contribution in [-0.4, -0.2) is 58.2 Å². The Morgan fingerprint density at radius 2 is 1.90 bits per heavy atom. The molecule has 0 saturated heterocycles. The van der Waals surface area contributed by atoms with Gasteiger partial charge in [0.1, 0.15) is 22.3 Å². The molecule has 0 bridgehead atoms. The van der Waals surface area contributed by atoms with Gasteiger partial charge in [0.05, 0.1) is 16.3 Å². The maximum absolute atomic E-state index is 12.7. The van der Waals surface area contributed by atoms with E-state index in [0.29, 0.717) is 6.54 Å². The third-order valence-corrected chi connectivity index (χ3v) is 5.19. The highest BCUT2D eigenvalue weighted by molar-refractivity contribution is 6.02. The van der Waals surface area contributed by atoms with Crippen LogP contribution < -0.4 is 21.4 Å². The second-order valence-electron chi connectivity index (χ2n) is 7.78. The molecule has 1 heterocycles. The van der Waals surface area contributed by atoms with Crippen LogP contribution in [0.5, 0.6) is 5.75 Å². The maximum atomic E-state index is 12.7. The highest BCUT2D eigenvalue weighted by atomic mass is 16.4. The molecular formula is C22H26N4O5. The van der Waals surface area contributed by atoms with E-state index >= 15 is 0 Å². The zero-order valence-corrected chi connectivity index (χ0v) is 17.8. The number of phenolic OH excluding ortho intramolecular Hbond substituents is 1. The number of aromatic carboxylic acids is 1. The summed E-state index contributed by atoms with van der Waals surface area (Å²) in [5.41, 5.74) is -1.01. The Morgan fingerprint density at radius 1 is 1.16 bits per heavy atom. The van der Waals surface area contributed by atoms with E-state index in [9.17, 15) is 24.6 Å². The van der Waals surface area contributed by atoms with Crippen molar-refractivity contribution < 1.29 is 15.0 Å². The normalized spacial score (nSPS) is 12.2. The number of hydrogen-bond acceptors (Lipinski definition) is 7. The lowest BCUT2D eigenvalue weighted by molar-refractivity contribution is 0.0699. The first-order chi connectivity index (χ1) is 14.7. The van der Waals surface area contributed by atoms with Crippen LogP contribution in [0.1, 0.15) is 35.2 Å². The van der Waals surface area contributed by atoms with Crippen molar-refractivity contribution in [2.24, 2.45) is 0 Å². The number of unbranched alkanes of at least 4 members (excludes halogenated alkanes) is 2. The minimum atomic E-state index is -1.24. The molecule has 31 heavy (non-hydrogen) atoms. The van der Waals surface area contributed by atoms with Gasteiger partial charge in [0.25, 0.3) is 0 Å². The Kier molecular flexibility index (Phi) is 6.55. The fourth-order valence-corrected chi connectivity index (χ4v) is 3.45. The fraction of sp³-hybridized carbons (Fsp3) is 0.364. The molecule has 4 N–H and O–H groups in total. The summed E-state index contributed by atoms with van der Waals surface area (Å²) >= 11 is 0. The molecule has 0 fully saturated rings. The van der Waals surface area contributed by atoms with Crippen LogP contribution in [0.3, 0.4) is 0 Å². The third-order valence-electron chi connectivity index (χ3n) is 5.19. The quantitative estimate of drug-likeness (QED) is 0.309. The fourth-order valence-electron chi connectivity index (χ4n) is 3.45. The van der Waals surface area contributed by atoms with Crippen molar-refractivity contribution in [3.05, 3.63) is 48.9 Å². The molecule has 0 aliphatic rings. The summed E-state index contributed by atoms with van der Waals surface area (Å²) in [5, 5.41) is 23.4. The number of aromatic amines is 1. The number of nitrogens with zero attached hydrogens (tertiary/aromatic N) is 2. The summed E-state index contributed by atoms with van der Waals surface area (Å²) in [4.78, 5) is 45.8. The topological polar surface area (TPSA) is 136 Å². The Balaban J connectivity index is 2.08. The number of nitrogens with one attached hydrogen (secondary N) is 2. The van der Waals surface area contributed by atoms with E-state index in [-0.39, 0.29) is 44.2 Å². The zero-order chi connectivity index (χ0) is 22.7. The molecule has 3 aromatic rings. The number of hydrogen-bond donors (Lipinski definition) is 4. The van der Waals surface area contributed by atoms with Crippen molar-refractivity contribution in [2.75, 3.05) is 27.2 Å². The number of carboxylic acids is 1. The maximum Gasteiger partial charge on any atom is 0.337 e. The number of carbonyl (C=O) groups is 1. The molecule has 1 aromatic heterocycles. The van der Waals surface area contributed by atoms with Crippen molar-refractivity contribution >= 4 is 34.2 Å². The molecular weight excluding hydrogens is 400 g/mol. The van der Waals surface area contributed by atoms with Gasteiger partial charge in [0, 0.05) is 18.3 Å². The van der Waals surface area contributed by atoms with Crippen LogP contribution in [-0.2, 0) is 0 Å². The van der Waals surface area contributed by atoms with Crippen molar-refractivity contribution in [1.29, 1.82) is 0 Å². The zero-order valence-electron chi connectivity index (χ0n) is 17.8. The number of rotatable bonds is 8. The summed E-state index contributed by atoms with van der Waals surface area (Å²) in [6.07, 6.45) is 4.62. The summed E-state index contributed by atoms with van der Waals surface area (Å²) < 4.78 is 0.